The van der Waals surface area contributed by atoms with E-state index in [1.165, 1.54) is 29.0 Å². The molecular weight excluding hydrogens is 516 g/mol. The van der Waals surface area contributed by atoms with Crippen LogP contribution in [0.4, 0.5) is 13.6 Å². The maximum Gasteiger partial charge on any atom is 0.408 e. The molecule has 4 aromatic rings. The number of nitriles is 1. The van der Waals surface area contributed by atoms with Gasteiger partial charge >= 0.3 is 6.09 Å². The third-order valence-corrected chi connectivity index (χ3v) is 6.01. The van der Waals surface area contributed by atoms with Crippen LogP contribution in [0.15, 0.2) is 59.5 Å². The number of hydrogen-bond acceptors (Lipinski definition) is 6. The summed E-state index contributed by atoms with van der Waals surface area (Å²) in [5, 5.41) is 12.4. The summed E-state index contributed by atoms with van der Waals surface area (Å²) in [5.41, 5.74) is 0.616. The van der Waals surface area contributed by atoms with Crippen LogP contribution in [0.25, 0.3) is 16.6 Å². The second kappa shape index (κ2) is 11.2. The van der Waals surface area contributed by atoms with Crippen molar-refractivity contribution in [2.75, 3.05) is 0 Å². The van der Waals surface area contributed by atoms with Gasteiger partial charge in [-0.05, 0) is 74.7 Å². The van der Waals surface area contributed by atoms with Gasteiger partial charge in [0.15, 0.2) is 0 Å². The third kappa shape index (κ3) is 6.49. The van der Waals surface area contributed by atoms with Gasteiger partial charge in [0.2, 0.25) is 0 Å². The summed E-state index contributed by atoms with van der Waals surface area (Å²) in [4.78, 5) is 36.0. The number of benzene rings is 2. The van der Waals surface area contributed by atoms with Crippen LogP contribution in [0.1, 0.15) is 69.2 Å². The number of carbonyl (C=O) groups is 1. The molecule has 8 nitrogen and oxygen atoms in total. The van der Waals surface area contributed by atoms with E-state index in [0.717, 1.165) is 23.9 Å². The van der Waals surface area contributed by atoms with Crippen LogP contribution < -0.4 is 10.9 Å². The minimum Gasteiger partial charge on any atom is -0.444 e. The predicted molar refractivity (Wildman–Crippen MR) is 146 cm³/mol. The van der Waals surface area contributed by atoms with Gasteiger partial charge in [-0.25, -0.2) is 18.6 Å². The molecule has 0 saturated carbocycles. The first-order chi connectivity index (χ1) is 18.8. The lowest BCUT2D eigenvalue weighted by molar-refractivity contribution is 0.0500. The van der Waals surface area contributed by atoms with Crippen molar-refractivity contribution in [3.8, 4) is 11.8 Å². The largest absolute Gasteiger partial charge is 0.444 e. The Morgan fingerprint density at radius 1 is 1.10 bits per heavy atom. The average molecular weight is 546 g/mol. The van der Waals surface area contributed by atoms with Crippen molar-refractivity contribution < 1.29 is 18.3 Å². The molecule has 2 aromatic carbocycles. The number of nitrogens with one attached hydrogen (secondary N) is 1. The van der Waals surface area contributed by atoms with Gasteiger partial charge in [-0.1, -0.05) is 13.8 Å². The summed E-state index contributed by atoms with van der Waals surface area (Å²) in [6.07, 6.45) is 0.597. The summed E-state index contributed by atoms with van der Waals surface area (Å²) in [6.45, 7) is 9.06. The molecule has 0 aliphatic heterocycles. The van der Waals surface area contributed by atoms with E-state index in [9.17, 15) is 23.6 Å². The summed E-state index contributed by atoms with van der Waals surface area (Å²) in [5.74, 6) is -1.36. The molecule has 0 bridgehead atoms. The number of ether oxygens (including phenoxy) is 1. The number of alkyl carbamates (subject to hydrolysis) is 1. The van der Waals surface area contributed by atoms with Crippen molar-refractivity contribution in [1.82, 2.24) is 19.9 Å². The minimum atomic E-state index is -1.07. The maximum absolute atomic E-state index is 14.1. The smallest absolute Gasteiger partial charge is 0.408 e. The van der Waals surface area contributed by atoms with Gasteiger partial charge in [-0.15, -0.1) is 0 Å². The lowest BCUT2D eigenvalue weighted by Crippen LogP contribution is -2.39. The summed E-state index contributed by atoms with van der Waals surface area (Å²) in [7, 11) is 0. The van der Waals surface area contributed by atoms with Crippen molar-refractivity contribution in [2.24, 2.45) is 0 Å². The summed E-state index contributed by atoms with van der Waals surface area (Å²) < 4.78 is 35.0. The number of aromatic nitrogens is 3. The fraction of sp³-hybridized carbons (Fsp3) is 0.300. The van der Waals surface area contributed by atoms with Crippen LogP contribution in [0.2, 0.25) is 0 Å². The highest BCUT2D eigenvalue weighted by Crippen LogP contribution is 2.24. The molecule has 40 heavy (non-hydrogen) atoms. The highest BCUT2D eigenvalue weighted by Gasteiger charge is 2.27. The molecule has 0 unspecified atom stereocenters. The number of rotatable bonds is 6. The molecule has 0 spiro atoms. The van der Waals surface area contributed by atoms with E-state index in [1.807, 2.05) is 19.9 Å². The van der Waals surface area contributed by atoms with Crippen molar-refractivity contribution in [2.45, 2.75) is 58.6 Å². The molecule has 0 aliphatic carbocycles. The Kier molecular flexibility index (Phi) is 7.96. The van der Waals surface area contributed by atoms with E-state index in [4.69, 9.17) is 9.72 Å². The van der Waals surface area contributed by atoms with Gasteiger partial charge < -0.3 is 10.1 Å². The molecule has 2 heterocycles. The van der Waals surface area contributed by atoms with E-state index < -0.39 is 34.9 Å². The molecular formula is C30H29F2N5O3. The SMILES string of the molecule is CC(C)c1ccc(-n2c([C@H](Cc3cc(F)cc(F)c3)NC(=O)OC(C)(C)C)nc3cc(C#N)ccc3c2=O)cn1. The zero-order valence-corrected chi connectivity index (χ0v) is 22.8. The monoisotopic (exact) mass is 545 g/mol. The molecule has 0 fully saturated rings. The molecule has 0 radical (unpaired) electrons. The number of pyridine rings is 1. The van der Waals surface area contributed by atoms with E-state index in [2.05, 4.69) is 10.3 Å². The number of carbonyl (C=O) groups excluding carboxylic acids is 1. The molecule has 1 amide bonds. The number of amides is 1. The predicted octanol–water partition coefficient (Wildman–Crippen LogP) is 5.86. The van der Waals surface area contributed by atoms with Crippen LogP contribution >= 0.6 is 0 Å². The first kappa shape index (κ1) is 28.4. The first-order valence-electron chi connectivity index (χ1n) is 12.7. The number of hydrogen-bond donors (Lipinski definition) is 1. The number of fused-ring (bicyclic) bond motifs is 1. The summed E-state index contributed by atoms with van der Waals surface area (Å²) in [6, 6.07) is 12.0. The summed E-state index contributed by atoms with van der Waals surface area (Å²) >= 11 is 0. The molecule has 206 valence electrons. The highest BCUT2D eigenvalue weighted by molar-refractivity contribution is 5.79. The van der Waals surface area contributed by atoms with E-state index >= 15 is 0 Å². The standard InChI is InChI=1S/C30H29F2N5O3/c1-17(2)24-9-7-22(16-34-24)37-27(35-25-12-18(15-33)6-8-23(25)28(37)38)26(36-29(39)40-30(3,4)5)13-19-10-20(31)14-21(32)11-19/h6-12,14,16-17,26H,13H2,1-5H3,(H,36,39)/t26-/m0/s1. The minimum absolute atomic E-state index is 0.0715. The van der Waals surface area contributed by atoms with Crippen molar-refractivity contribution in [3.05, 3.63) is 99.4 Å². The van der Waals surface area contributed by atoms with Crippen molar-refractivity contribution in [1.29, 1.82) is 5.26 Å². The molecule has 1 N–H and O–H groups in total. The molecule has 4 rings (SSSR count). The van der Waals surface area contributed by atoms with E-state index in [1.54, 1.807) is 32.9 Å². The Morgan fingerprint density at radius 2 is 1.80 bits per heavy atom. The van der Waals surface area contributed by atoms with Crippen LogP contribution in [-0.4, -0.2) is 26.2 Å². The van der Waals surface area contributed by atoms with Crippen LogP contribution in [-0.2, 0) is 11.2 Å². The Balaban J connectivity index is 1.97. The molecule has 10 heteroatoms. The Bertz CT molecular complexity index is 1650. The van der Waals surface area contributed by atoms with Crippen LogP contribution in [0.5, 0.6) is 0 Å². The van der Waals surface area contributed by atoms with Gasteiger partial charge in [0.1, 0.15) is 23.1 Å². The maximum atomic E-state index is 14.1. The molecule has 0 aliphatic rings. The molecule has 2 aromatic heterocycles. The molecule has 0 saturated heterocycles. The fourth-order valence-electron chi connectivity index (χ4n) is 4.25. The second-order valence-electron chi connectivity index (χ2n) is 10.7. The van der Waals surface area contributed by atoms with Crippen molar-refractivity contribution >= 4 is 17.0 Å². The zero-order valence-electron chi connectivity index (χ0n) is 22.8. The Labute approximate surface area is 230 Å². The van der Waals surface area contributed by atoms with Gasteiger partial charge in [-0.2, -0.15) is 5.26 Å². The van der Waals surface area contributed by atoms with Gasteiger partial charge in [0, 0.05) is 18.2 Å². The second-order valence-corrected chi connectivity index (χ2v) is 10.7. The lowest BCUT2D eigenvalue weighted by atomic mass is 10.0. The van der Waals surface area contributed by atoms with E-state index in [0.29, 0.717) is 5.69 Å². The zero-order chi connectivity index (χ0) is 29.2. The Morgan fingerprint density at radius 3 is 2.38 bits per heavy atom. The van der Waals surface area contributed by atoms with Gasteiger partial charge in [-0.3, -0.25) is 14.3 Å². The lowest BCUT2D eigenvalue weighted by Gasteiger charge is -2.25. The Hall–Kier alpha value is -4.65. The number of halogens is 2. The van der Waals surface area contributed by atoms with Crippen molar-refractivity contribution in [3.63, 3.8) is 0 Å². The topological polar surface area (TPSA) is 110 Å². The van der Waals surface area contributed by atoms with Gasteiger partial charge in [0.25, 0.3) is 5.56 Å². The quantitative estimate of drug-likeness (QED) is 0.325. The molecule has 1 atom stereocenters. The number of nitrogens with zero attached hydrogens (tertiary/aromatic N) is 4. The first-order valence-corrected chi connectivity index (χ1v) is 12.7. The third-order valence-electron chi connectivity index (χ3n) is 6.01. The fourth-order valence-corrected chi connectivity index (χ4v) is 4.25. The van der Waals surface area contributed by atoms with E-state index in [-0.39, 0.29) is 40.2 Å². The average Bonchev–Trinajstić information content (AvgIpc) is 2.86. The van der Waals surface area contributed by atoms with Gasteiger partial charge in [0.05, 0.1) is 40.5 Å². The normalized spacial score (nSPS) is 12.3. The van der Waals surface area contributed by atoms with Crippen LogP contribution in [0.3, 0.4) is 0 Å². The highest BCUT2D eigenvalue weighted by atomic mass is 19.1. The van der Waals surface area contributed by atoms with Crippen LogP contribution in [0, 0.1) is 23.0 Å².